The van der Waals surface area contributed by atoms with E-state index in [4.69, 9.17) is 0 Å². The molecular formula is C40H26NOPS. The SMILES string of the molecule is O=P1(c2cccc3ccccc23)c2ccccc2Sc2cc(-c3ccc4c(c3)c3ccccc3n4-c3ccccc3)ccc21. The van der Waals surface area contributed by atoms with Gasteiger partial charge in [-0.1, -0.05) is 115 Å². The van der Waals surface area contributed by atoms with Crippen LogP contribution in [0.4, 0.5) is 0 Å². The molecule has 2 heterocycles. The molecule has 0 aliphatic carbocycles. The van der Waals surface area contributed by atoms with E-state index in [9.17, 15) is 0 Å². The van der Waals surface area contributed by atoms with E-state index >= 15 is 4.57 Å². The van der Waals surface area contributed by atoms with Crippen LogP contribution in [0.15, 0.2) is 168 Å². The van der Waals surface area contributed by atoms with Gasteiger partial charge in [0.1, 0.15) is 0 Å². The highest BCUT2D eigenvalue weighted by atomic mass is 32.2. The molecule has 208 valence electrons. The molecule has 1 aliphatic heterocycles. The Morgan fingerprint density at radius 1 is 0.455 bits per heavy atom. The standard InChI is InChI=1S/C40H26NOPS/c42-43(36-19-10-12-27-11-4-5-15-31(27)36)37-18-8-9-20-39(37)44-40-26-29(22-24-38(40)43)28-21-23-35-33(25-28)32-16-6-7-17-34(32)41(35)30-13-2-1-3-14-30/h1-26H. The predicted octanol–water partition coefficient (Wildman–Crippen LogP) is 9.71. The summed E-state index contributed by atoms with van der Waals surface area (Å²) in [5.41, 5.74) is 5.80. The summed E-state index contributed by atoms with van der Waals surface area (Å²) in [7, 11) is -3.13. The molecule has 0 bridgehead atoms. The Labute approximate surface area is 260 Å². The van der Waals surface area contributed by atoms with Crippen molar-refractivity contribution in [3.8, 4) is 16.8 Å². The number of aromatic nitrogens is 1. The maximum atomic E-state index is 15.6. The fourth-order valence-corrected chi connectivity index (χ4v) is 11.8. The summed E-state index contributed by atoms with van der Waals surface area (Å²) in [5.74, 6) is 0. The molecule has 2 nitrogen and oxygen atoms in total. The van der Waals surface area contributed by atoms with Gasteiger partial charge in [-0.2, -0.15) is 0 Å². The third-order valence-electron chi connectivity index (χ3n) is 8.85. The van der Waals surface area contributed by atoms with Gasteiger partial charge in [0.05, 0.1) is 11.0 Å². The molecule has 4 heteroatoms. The van der Waals surface area contributed by atoms with Crippen molar-refractivity contribution in [3.05, 3.63) is 158 Å². The number of nitrogens with zero attached hydrogens (tertiary/aromatic N) is 1. The molecule has 7 aromatic carbocycles. The van der Waals surface area contributed by atoms with Crippen LogP contribution >= 0.6 is 18.9 Å². The molecule has 0 amide bonds. The van der Waals surface area contributed by atoms with Crippen LogP contribution < -0.4 is 15.9 Å². The van der Waals surface area contributed by atoms with Crippen molar-refractivity contribution in [1.29, 1.82) is 0 Å². The van der Waals surface area contributed by atoms with E-state index in [1.54, 1.807) is 11.8 Å². The second kappa shape index (κ2) is 9.86. The molecule has 44 heavy (non-hydrogen) atoms. The zero-order chi connectivity index (χ0) is 29.3. The van der Waals surface area contributed by atoms with Gasteiger partial charge in [-0.25, -0.2) is 0 Å². The molecule has 0 spiro atoms. The second-order valence-corrected chi connectivity index (χ2v) is 15.0. The minimum Gasteiger partial charge on any atom is -0.309 e. The highest BCUT2D eigenvalue weighted by Gasteiger charge is 2.39. The van der Waals surface area contributed by atoms with Crippen LogP contribution in [0.1, 0.15) is 0 Å². The number of fused-ring (bicyclic) bond motifs is 6. The topological polar surface area (TPSA) is 22.0 Å². The molecule has 0 N–H and O–H groups in total. The van der Waals surface area contributed by atoms with Gasteiger partial charge in [-0.15, -0.1) is 0 Å². The van der Waals surface area contributed by atoms with Crippen molar-refractivity contribution in [2.24, 2.45) is 0 Å². The van der Waals surface area contributed by atoms with Gasteiger partial charge in [0.15, 0.2) is 7.14 Å². The van der Waals surface area contributed by atoms with Crippen molar-refractivity contribution in [2.45, 2.75) is 9.79 Å². The Morgan fingerprint density at radius 3 is 2.00 bits per heavy atom. The highest BCUT2D eigenvalue weighted by Crippen LogP contribution is 2.53. The average molecular weight is 600 g/mol. The lowest BCUT2D eigenvalue weighted by Crippen LogP contribution is -2.30. The van der Waals surface area contributed by atoms with Crippen LogP contribution in [0.5, 0.6) is 0 Å². The monoisotopic (exact) mass is 599 g/mol. The Kier molecular flexibility index (Phi) is 5.75. The van der Waals surface area contributed by atoms with Gasteiger partial charge in [0.2, 0.25) is 0 Å². The Balaban J connectivity index is 1.24. The molecule has 1 atom stereocenters. The molecule has 0 saturated heterocycles. The first kappa shape index (κ1) is 25.7. The third kappa shape index (κ3) is 3.73. The first-order chi connectivity index (χ1) is 21.7. The lowest BCUT2D eigenvalue weighted by molar-refractivity contribution is 0.592. The van der Waals surface area contributed by atoms with Crippen LogP contribution in [0.2, 0.25) is 0 Å². The summed E-state index contributed by atoms with van der Waals surface area (Å²) in [4.78, 5) is 2.12. The first-order valence-corrected chi connectivity index (χ1v) is 17.3. The maximum Gasteiger partial charge on any atom is 0.173 e. The van der Waals surface area contributed by atoms with Crippen molar-refractivity contribution < 1.29 is 4.57 Å². The largest absolute Gasteiger partial charge is 0.309 e. The number of benzene rings is 7. The fraction of sp³-hybridized carbons (Fsp3) is 0. The number of hydrogen-bond donors (Lipinski definition) is 0. The van der Waals surface area contributed by atoms with Gasteiger partial charge in [0, 0.05) is 42.2 Å². The third-order valence-corrected chi connectivity index (χ3v) is 13.5. The Hall–Kier alpha value is -4.82. The zero-order valence-corrected chi connectivity index (χ0v) is 25.4. The minimum absolute atomic E-state index is 0.910. The molecule has 0 fully saturated rings. The Bertz CT molecular complexity index is 2460. The van der Waals surface area contributed by atoms with Crippen LogP contribution in [0.25, 0.3) is 49.4 Å². The van der Waals surface area contributed by atoms with E-state index in [1.165, 1.54) is 21.8 Å². The van der Waals surface area contributed by atoms with E-state index in [2.05, 4.69) is 132 Å². The fourth-order valence-electron chi connectivity index (χ4n) is 6.84. The predicted molar refractivity (Wildman–Crippen MR) is 187 cm³/mol. The van der Waals surface area contributed by atoms with E-state index in [0.29, 0.717) is 0 Å². The minimum atomic E-state index is -3.13. The second-order valence-electron chi connectivity index (χ2n) is 11.3. The smallest absolute Gasteiger partial charge is 0.173 e. The van der Waals surface area contributed by atoms with E-state index in [0.717, 1.165) is 53.3 Å². The van der Waals surface area contributed by atoms with Crippen molar-refractivity contribution in [2.75, 3.05) is 0 Å². The van der Waals surface area contributed by atoms with Crippen LogP contribution in [0, 0.1) is 0 Å². The molecule has 0 saturated carbocycles. The lowest BCUT2D eigenvalue weighted by Gasteiger charge is -2.30. The van der Waals surface area contributed by atoms with Gasteiger partial charge in [-0.05, 0) is 76.5 Å². The summed E-state index contributed by atoms with van der Waals surface area (Å²) < 4.78 is 17.9. The van der Waals surface area contributed by atoms with Gasteiger partial charge < -0.3 is 9.13 Å². The summed E-state index contributed by atoms with van der Waals surface area (Å²) in [6, 6.07) is 55.2. The highest BCUT2D eigenvalue weighted by molar-refractivity contribution is 8.02. The van der Waals surface area contributed by atoms with E-state index in [-0.39, 0.29) is 0 Å². The number of rotatable bonds is 3. The van der Waals surface area contributed by atoms with Crippen LogP contribution in [0.3, 0.4) is 0 Å². The van der Waals surface area contributed by atoms with Crippen molar-refractivity contribution in [1.82, 2.24) is 4.57 Å². The van der Waals surface area contributed by atoms with Crippen molar-refractivity contribution >= 4 is 67.4 Å². The molecule has 0 radical (unpaired) electrons. The number of hydrogen-bond acceptors (Lipinski definition) is 2. The molecule has 1 aromatic heterocycles. The Morgan fingerprint density at radius 2 is 1.09 bits per heavy atom. The van der Waals surface area contributed by atoms with E-state index in [1.807, 2.05) is 30.3 Å². The maximum absolute atomic E-state index is 15.6. The quantitative estimate of drug-likeness (QED) is 0.189. The van der Waals surface area contributed by atoms with E-state index < -0.39 is 7.14 Å². The summed E-state index contributed by atoms with van der Waals surface area (Å²) in [6.45, 7) is 0. The summed E-state index contributed by atoms with van der Waals surface area (Å²) >= 11 is 1.72. The zero-order valence-electron chi connectivity index (χ0n) is 23.7. The molecule has 1 aliphatic rings. The van der Waals surface area contributed by atoms with Gasteiger partial charge in [-0.3, -0.25) is 0 Å². The molecule has 9 rings (SSSR count). The molecule has 8 aromatic rings. The van der Waals surface area contributed by atoms with Gasteiger partial charge in [0.25, 0.3) is 0 Å². The first-order valence-electron chi connectivity index (χ1n) is 14.8. The summed E-state index contributed by atoms with van der Waals surface area (Å²) in [5, 5.41) is 7.37. The van der Waals surface area contributed by atoms with Gasteiger partial charge >= 0.3 is 0 Å². The lowest BCUT2D eigenvalue weighted by atomic mass is 10.0. The molecule has 1 unspecified atom stereocenters. The summed E-state index contributed by atoms with van der Waals surface area (Å²) in [6.07, 6.45) is 0. The van der Waals surface area contributed by atoms with Crippen LogP contribution in [-0.2, 0) is 4.57 Å². The molecular weight excluding hydrogens is 573 g/mol. The number of para-hydroxylation sites is 2. The van der Waals surface area contributed by atoms with Crippen molar-refractivity contribution in [3.63, 3.8) is 0 Å². The normalized spacial score (nSPS) is 15.8. The van der Waals surface area contributed by atoms with Crippen LogP contribution in [-0.4, -0.2) is 4.57 Å². The average Bonchev–Trinajstić information content (AvgIpc) is 3.42.